The van der Waals surface area contributed by atoms with Crippen LogP contribution >= 0.6 is 0 Å². The Morgan fingerprint density at radius 2 is 1.88 bits per heavy atom. The highest BCUT2D eigenvalue weighted by molar-refractivity contribution is 5.76. The Balaban J connectivity index is 1.61. The van der Waals surface area contributed by atoms with Gasteiger partial charge in [0.15, 0.2) is 0 Å². The molecule has 1 fully saturated rings. The lowest BCUT2D eigenvalue weighted by Crippen LogP contribution is -2.47. The molecule has 2 aromatic rings. The van der Waals surface area contributed by atoms with Crippen molar-refractivity contribution in [3.05, 3.63) is 66.0 Å². The Morgan fingerprint density at radius 3 is 2.58 bits per heavy atom. The summed E-state index contributed by atoms with van der Waals surface area (Å²) in [6.07, 6.45) is 2.31. The molecule has 0 saturated carbocycles. The summed E-state index contributed by atoms with van der Waals surface area (Å²) in [5, 5.41) is 6.77. The Bertz CT molecular complexity index is 587. The predicted octanol–water partition coefficient (Wildman–Crippen LogP) is 1.58. The molecule has 24 heavy (non-hydrogen) atoms. The molecule has 1 aromatic carbocycles. The average molecular weight is 324 g/mol. The summed E-state index contributed by atoms with van der Waals surface area (Å²) < 4.78 is 0. The van der Waals surface area contributed by atoms with Crippen LogP contribution < -0.4 is 10.6 Å². The molecule has 0 aliphatic carbocycles. The van der Waals surface area contributed by atoms with E-state index in [2.05, 4.69) is 27.8 Å². The zero-order valence-corrected chi connectivity index (χ0v) is 13.8. The van der Waals surface area contributed by atoms with E-state index in [1.54, 1.807) is 6.20 Å². The summed E-state index contributed by atoms with van der Waals surface area (Å²) >= 11 is 0. The van der Waals surface area contributed by atoms with E-state index < -0.39 is 0 Å². The van der Waals surface area contributed by atoms with Gasteiger partial charge in [0.1, 0.15) is 0 Å². The molecule has 1 atom stereocenters. The topological polar surface area (TPSA) is 57.3 Å². The fraction of sp³-hybridized carbons (Fsp3) is 0.368. The van der Waals surface area contributed by atoms with Crippen LogP contribution in [0.3, 0.4) is 0 Å². The normalized spacial score (nSPS) is 15.9. The van der Waals surface area contributed by atoms with Crippen LogP contribution in [0.15, 0.2) is 54.7 Å². The van der Waals surface area contributed by atoms with E-state index in [0.717, 1.165) is 37.4 Å². The summed E-state index contributed by atoms with van der Waals surface area (Å²) in [6.45, 7) is 4.03. The summed E-state index contributed by atoms with van der Waals surface area (Å²) in [7, 11) is 0. The lowest BCUT2D eigenvalue weighted by molar-refractivity contribution is -0.131. The SMILES string of the molecule is O=C(CCNC(c1ccccc1)c1ccccn1)N1CCNCC1. The first-order valence-corrected chi connectivity index (χ1v) is 8.52. The Labute approximate surface area is 143 Å². The summed E-state index contributed by atoms with van der Waals surface area (Å²) in [5.41, 5.74) is 2.13. The fourth-order valence-corrected chi connectivity index (χ4v) is 2.98. The van der Waals surface area contributed by atoms with Crippen molar-refractivity contribution in [2.24, 2.45) is 0 Å². The van der Waals surface area contributed by atoms with E-state index in [1.165, 1.54) is 0 Å². The molecule has 2 heterocycles. The molecule has 0 radical (unpaired) electrons. The lowest BCUT2D eigenvalue weighted by atomic mass is 10.0. The molecule has 1 amide bonds. The highest BCUT2D eigenvalue weighted by Gasteiger charge is 2.18. The molecule has 1 aliphatic heterocycles. The smallest absolute Gasteiger partial charge is 0.223 e. The molecule has 0 bridgehead atoms. The number of nitrogens with one attached hydrogen (secondary N) is 2. The minimum Gasteiger partial charge on any atom is -0.340 e. The van der Waals surface area contributed by atoms with E-state index in [0.29, 0.717) is 13.0 Å². The number of carbonyl (C=O) groups excluding carboxylic acids is 1. The van der Waals surface area contributed by atoms with Crippen molar-refractivity contribution in [3.8, 4) is 0 Å². The van der Waals surface area contributed by atoms with Crippen LogP contribution in [0.1, 0.15) is 23.7 Å². The summed E-state index contributed by atoms with van der Waals surface area (Å²) in [4.78, 5) is 18.7. The molecule has 1 unspecified atom stereocenters. The third kappa shape index (κ3) is 4.40. The van der Waals surface area contributed by atoms with Gasteiger partial charge in [-0.3, -0.25) is 9.78 Å². The second-order valence-corrected chi connectivity index (χ2v) is 5.93. The van der Waals surface area contributed by atoms with Crippen molar-refractivity contribution in [1.29, 1.82) is 0 Å². The fourth-order valence-electron chi connectivity index (χ4n) is 2.98. The van der Waals surface area contributed by atoms with Crippen molar-refractivity contribution in [2.75, 3.05) is 32.7 Å². The van der Waals surface area contributed by atoms with E-state index >= 15 is 0 Å². The number of amides is 1. The average Bonchev–Trinajstić information content (AvgIpc) is 2.67. The van der Waals surface area contributed by atoms with Gasteiger partial charge in [-0.25, -0.2) is 0 Å². The molecule has 0 spiro atoms. The van der Waals surface area contributed by atoms with Crippen LogP contribution in [0.4, 0.5) is 0 Å². The number of carbonyl (C=O) groups is 1. The van der Waals surface area contributed by atoms with Crippen LogP contribution in [0.2, 0.25) is 0 Å². The van der Waals surface area contributed by atoms with Crippen LogP contribution in [-0.2, 0) is 4.79 Å². The van der Waals surface area contributed by atoms with Gasteiger partial charge < -0.3 is 15.5 Å². The molecule has 126 valence electrons. The van der Waals surface area contributed by atoms with Gasteiger partial charge in [0, 0.05) is 45.3 Å². The first-order valence-electron chi connectivity index (χ1n) is 8.52. The Hall–Kier alpha value is -2.24. The highest BCUT2D eigenvalue weighted by atomic mass is 16.2. The van der Waals surface area contributed by atoms with Gasteiger partial charge in [0.05, 0.1) is 11.7 Å². The zero-order chi connectivity index (χ0) is 16.6. The molecular weight excluding hydrogens is 300 g/mol. The van der Waals surface area contributed by atoms with Gasteiger partial charge in [-0.1, -0.05) is 36.4 Å². The molecule has 1 saturated heterocycles. The maximum absolute atomic E-state index is 12.3. The number of pyridine rings is 1. The van der Waals surface area contributed by atoms with Crippen LogP contribution in [0.5, 0.6) is 0 Å². The predicted molar refractivity (Wildman–Crippen MR) is 94.6 cm³/mol. The van der Waals surface area contributed by atoms with Gasteiger partial charge in [0.2, 0.25) is 5.91 Å². The van der Waals surface area contributed by atoms with E-state index in [9.17, 15) is 4.79 Å². The number of rotatable bonds is 6. The van der Waals surface area contributed by atoms with Crippen molar-refractivity contribution >= 4 is 5.91 Å². The zero-order valence-electron chi connectivity index (χ0n) is 13.8. The number of aromatic nitrogens is 1. The van der Waals surface area contributed by atoms with E-state index in [4.69, 9.17) is 0 Å². The van der Waals surface area contributed by atoms with Crippen LogP contribution in [0, 0.1) is 0 Å². The van der Waals surface area contributed by atoms with Crippen LogP contribution in [0.25, 0.3) is 0 Å². The van der Waals surface area contributed by atoms with Crippen molar-refractivity contribution < 1.29 is 4.79 Å². The first kappa shape index (κ1) is 16.6. The minimum atomic E-state index is 0.00298. The second-order valence-electron chi connectivity index (χ2n) is 5.93. The number of piperazine rings is 1. The Kier molecular flexibility index (Phi) is 5.93. The lowest BCUT2D eigenvalue weighted by Gasteiger charge is -2.28. The molecule has 5 heteroatoms. The molecule has 3 rings (SSSR count). The Morgan fingerprint density at radius 1 is 1.12 bits per heavy atom. The minimum absolute atomic E-state index is 0.00298. The van der Waals surface area contributed by atoms with Crippen molar-refractivity contribution in [2.45, 2.75) is 12.5 Å². The molecular formula is C19H24N4O. The maximum Gasteiger partial charge on any atom is 0.223 e. The van der Waals surface area contributed by atoms with Gasteiger partial charge >= 0.3 is 0 Å². The molecule has 2 N–H and O–H groups in total. The maximum atomic E-state index is 12.3. The van der Waals surface area contributed by atoms with Crippen molar-refractivity contribution in [1.82, 2.24) is 20.5 Å². The second kappa shape index (κ2) is 8.57. The summed E-state index contributed by atoms with van der Waals surface area (Å²) in [6, 6.07) is 16.2. The number of nitrogens with zero attached hydrogens (tertiary/aromatic N) is 2. The quantitative estimate of drug-likeness (QED) is 0.847. The van der Waals surface area contributed by atoms with E-state index in [1.807, 2.05) is 41.3 Å². The van der Waals surface area contributed by atoms with Gasteiger partial charge in [0.25, 0.3) is 0 Å². The third-order valence-electron chi connectivity index (χ3n) is 4.27. The number of hydrogen-bond donors (Lipinski definition) is 2. The van der Waals surface area contributed by atoms with E-state index in [-0.39, 0.29) is 11.9 Å². The summed E-state index contributed by atoms with van der Waals surface area (Å²) in [5.74, 6) is 0.219. The molecule has 1 aliphatic rings. The molecule has 5 nitrogen and oxygen atoms in total. The van der Waals surface area contributed by atoms with Gasteiger partial charge in [-0.05, 0) is 17.7 Å². The van der Waals surface area contributed by atoms with Crippen molar-refractivity contribution in [3.63, 3.8) is 0 Å². The third-order valence-corrected chi connectivity index (χ3v) is 4.27. The standard InChI is InChI=1S/C19H24N4O/c24-18(23-14-12-20-13-15-23)9-11-22-19(16-6-2-1-3-7-16)17-8-4-5-10-21-17/h1-8,10,19-20,22H,9,11-15H2. The number of hydrogen-bond acceptors (Lipinski definition) is 4. The van der Waals surface area contributed by atoms with Crippen LogP contribution in [-0.4, -0.2) is 48.5 Å². The highest BCUT2D eigenvalue weighted by Crippen LogP contribution is 2.19. The monoisotopic (exact) mass is 324 g/mol. The largest absolute Gasteiger partial charge is 0.340 e. The number of benzene rings is 1. The molecule has 1 aromatic heterocycles. The first-order chi connectivity index (χ1) is 11.8. The van der Waals surface area contributed by atoms with Gasteiger partial charge in [-0.2, -0.15) is 0 Å². The van der Waals surface area contributed by atoms with Gasteiger partial charge in [-0.15, -0.1) is 0 Å².